The van der Waals surface area contributed by atoms with Gasteiger partial charge < -0.3 is 15.4 Å². The molecule has 0 saturated carbocycles. The molecule has 120 valence electrons. The molecule has 0 aliphatic carbocycles. The molecule has 2 aliphatic rings. The number of benzene rings is 1. The van der Waals surface area contributed by atoms with Crippen molar-refractivity contribution in [1.82, 2.24) is 10.6 Å². The van der Waals surface area contributed by atoms with Gasteiger partial charge in [-0.15, -0.1) is 0 Å². The predicted molar refractivity (Wildman–Crippen MR) is 87.3 cm³/mol. The average molecular weight is 323 g/mol. The first kappa shape index (κ1) is 15.6. The van der Waals surface area contributed by atoms with E-state index in [4.69, 9.17) is 16.3 Å². The Balaban J connectivity index is 1.55. The van der Waals surface area contributed by atoms with Crippen LogP contribution in [0.25, 0.3) is 0 Å². The molecule has 1 amide bonds. The topological polar surface area (TPSA) is 50.4 Å². The van der Waals surface area contributed by atoms with Gasteiger partial charge in [-0.05, 0) is 44.3 Å². The van der Waals surface area contributed by atoms with Gasteiger partial charge in [-0.2, -0.15) is 0 Å². The van der Waals surface area contributed by atoms with Gasteiger partial charge in [-0.1, -0.05) is 23.7 Å². The average Bonchev–Trinajstić information content (AvgIpc) is 2.55. The van der Waals surface area contributed by atoms with Crippen molar-refractivity contribution in [2.45, 2.75) is 38.1 Å². The number of fused-ring (bicyclic) bond motifs is 1. The summed E-state index contributed by atoms with van der Waals surface area (Å²) in [4.78, 5) is 12.2. The highest BCUT2D eigenvalue weighted by molar-refractivity contribution is 6.32. The van der Waals surface area contributed by atoms with Crippen LogP contribution < -0.4 is 15.4 Å². The van der Waals surface area contributed by atoms with Crippen molar-refractivity contribution in [3.63, 3.8) is 0 Å². The number of piperidine rings is 1. The molecule has 0 aromatic heterocycles. The molecule has 1 fully saturated rings. The highest BCUT2D eigenvalue weighted by Gasteiger charge is 2.25. The molecule has 1 saturated heterocycles. The number of carbonyl (C=O) groups excluding carboxylic acids is 1. The Kier molecular flexibility index (Phi) is 5.21. The highest BCUT2D eigenvalue weighted by Crippen LogP contribution is 2.37. The zero-order valence-electron chi connectivity index (χ0n) is 12.7. The first-order chi connectivity index (χ1) is 10.7. The van der Waals surface area contributed by atoms with Crippen LogP contribution in [0.2, 0.25) is 5.02 Å². The minimum atomic E-state index is 0.0166. The van der Waals surface area contributed by atoms with Crippen LogP contribution in [0.4, 0.5) is 0 Å². The van der Waals surface area contributed by atoms with E-state index in [1.54, 1.807) is 0 Å². The summed E-state index contributed by atoms with van der Waals surface area (Å²) in [5, 5.41) is 7.12. The van der Waals surface area contributed by atoms with E-state index >= 15 is 0 Å². The summed E-state index contributed by atoms with van der Waals surface area (Å²) >= 11 is 6.16. The number of halogens is 1. The van der Waals surface area contributed by atoms with Crippen LogP contribution in [0.5, 0.6) is 5.75 Å². The lowest BCUT2D eigenvalue weighted by Gasteiger charge is -2.28. The summed E-state index contributed by atoms with van der Waals surface area (Å²) in [6.45, 7) is 2.76. The maximum Gasteiger partial charge on any atom is 0.220 e. The van der Waals surface area contributed by atoms with Gasteiger partial charge in [0.2, 0.25) is 5.91 Å². The Morgan fingerprint density at radius 2 is 2.14 bits per heavy atom. The van der Waals surface area contributed by atoms with Gasteiger partial charge in [-0.25, -0.2) is 0 Å². The van der Waals surface area contributed by atoms with E-state index in [2.05, 4.69) is 10.6 Å². The zero-order valence-corrected chi connectivity index (χ0v) is 13.5. The lowest BCUT2D eigenvalue weighted by atomic mass is 9.93. The van der Waals surface area contributed by atoms with E-state index in [0.29, 0.717) is 24.0 Å². The molecule has 3 rings (SSSR count). The van der Waals surface area contributed by atoms with Crippen LogP contribution in [-0.2, 0) is 4.79 Å². The van der Waals surface area contributed by atoms with Gasteiger partial charge in [0.1, 0.15) is 5.75 Å². The highest BCUT2D eigenvalue weighted by atomic mass is 35.5. The number of carbonyl (C=O) groups is 1. The van der Waals surface area contributed by atoms with Crippen LogP contribution in [0, 0.1) is 5.92 Å². The second kappa shape index (κ2) is 7.34. The summed E-state index contributed by atoms with van der Waals surface area (Å²) in [5.41, 5.74) is 0.994. The van der Waals surface area contributed by atoms with E-state index in [-0.39, 0.29) is 11.9 Å². The summed E-state index contributed by atoms with van der Waals surface area (Å²) in [6.07, 6.45) is 4.76. The van der Waals surface area contributed by atoms with E-state index in [9.17, 15) is 4.79 Å². The van der Waals surface area contributed by atoms with Crippen molar-refractivity contribution >= 4 is 17.5 Å². The van der Waals surface area contributed by atoms with Crippen molar-refractivity contribution < 1.29 is 9.53 Å². The molecule has 1 atom stereocenters. The molecule has 0 bridgehead atoms. The minimum absolute atomic E-state index is 0.0166. The molecule has 2 heterocycles. The lowest BCUT2D eigenvalue weighted by Crippen LogP contribution is -2.33. The summed E-state index contributed by atoms with van der Waals surface area (Å²) in [5.74, 6) is 1.54. The van der Waals surface area contributed by atoms with Gasteiger partial charge in [0, 0.05) is 18.4 Å². The number of hydrogen-bond donors (Lipinski definition) is 2. The Hall–Kier alpha value is -1.26. The van der Waals surface area contributed by atoms with Crippen molar-refractivity contribution in [1.29, 1.82) is 0 Å². The molecule has 5 heteroatoms. The Morgan fingerprint density at radius 3 is 2.95 bits per heavy atom. The van der Waals surface area contributed by atoms with Crippen LogP contribution >= 0.6 is 11.6 Å². The van der Waals surface area contributed by atoms with Crippen molar-refractivity contribution in [3.05, 3.63) is 28.8 Å². The van der Waals surface area contributed by atoms with E-state index < -0.39 is 0 Å². The second-order valence-corrected chi connectivity index (χ2v) is 6.55. The number of para-hydroxylation sites is 1. The molecule has 1 unspecified atom stereocenters. The molecule has 22 heavy (non-hydrogen) atoms. The van der Waals surface area contributed by atoms with Gasteiger partial charge in [-0.3, -0.25) is 4.79 Å². The fourth-order valence-corrected chi connectivity index (χ4v) is 3.54. The molecule has 0 radical (unpaired) electrons. The third kappa shape index (κ3) is 3.73. The minimum Gasteiger partial charge on any atom is -0.492 e. The maximum absolute atomic E-state index is 12.2. The molecule has 0 spiro atoms. The predicted octanol–water partition coefficient (Wildman–Crippen LogP) is 3.06. The van der Waals surface area contributed by atoms with Crippen molar-refractivity contribution in [2.75, 3.05) is 19.7 Å². The summed E-state index contributed by atoms with van der Waals surface area (Å²) in [7, 11) is 0. The summed E-state index contributed by atoms with van der Waals surface area (Å²) in [6, 6.07) is 5.73. The Bertz CT molecular complexity index is 529. The largest absolute Gasteiger partial charge is 0.492 e. The maximum atomic E-state index is 12.2. The first-order valence-corrected chi connectivity index (χ1v) is 8.53. The number of nitrogens with one attached hydrogen (secondary N) is 2. The van der Waals surface area contributed by atoms with Crippen molar-refractivity contribution in [2.24, 2.45) is 5.92 Å². The molecule has 1 aromatic carbocycles. The van der Waals surface area contributed by atoms with E-state index in [1.807, 2.05) is 18.2 Å². The van der Waals surface area contributed by atoms with Gasteiger partial charge in [0.15, 0.2) is 0 Å². The monoisotopic (exact) mass is 322 g/mol. The van der Waals surface area contributed by atoms with Gasteiger partial charge >= 0.3 is 0 Å². The molecular formula is C17H23ClN2O2. The SMILES string of the molecule is O=C(CCC1CCNCC1)NC1CCOc2c(Cl)cccc21. The number of amides is 1. The van der Waals surface area contributed by atoms with Crippen molar-refractivity contribution in [3.8, 4) is 5.75 Å². The van der Waals surface area contributed by atoms with E-state index in [0.717, 1.165) is 37.2 Å². The number of hydrogen-bond acceptors (Lipinski definition) is 3. The third-order valence-electron chi connectivity index (χ3n) is 4.60. The molecular weight excluding hydrogens is 300 g/mol. The zero-order chi connectivity index (χ0) is 15.4. The lowest BCUT2D eigenvalue weighted by molar-refractivity contribution is -0.122. The first-order valence-electron chi connectivity index (χ1n) is 8.15. The fraction of sp³-hybridized carbons (Fsp3) is 0.588. The van der Waals surface area contributed by atoms with Crippen LogP contribution in [0.1, 0.15) is 43.7 Å². The second-order valence-electron chi connectivity index (χ2n) is 6.15. The normalized spacial score (nSPS) is 21.8. The Morgan fingerprint density at radius 1 is 1.32 bits per heavy atom. The Labute approximate surface area is 136 Å². The quantitative estimate of drug-likeness (QED) is 0.895. The van der Waals surface area contributed by atoms with E-state index in [1.165, 1.54) is 12.8 Å². The standard InChI is InChI=1S/C17H23ClN2O2/c18-14-3-1-2-13-15(8-11-22-17(13)14)20-16(21)5-4-12-6-9-19-10-7-12/h1-3,12,15,19H,4-11H2,(H,20,21). The molecule has 2 N–H and O–H groups in total. The fourth-order valence-electron chi connectivity index (χ4n) is 3.31. The van der Waals surface area contributed by atoms with Crippen LogP contribution in [-0.4, -0.2) is 25.6 Å². The smallest absolute Gasteiger partial charge is 0.220 e. The molecule has 1 aromatic rings. The number of rotatable bonds is 4. The van der Waals surface area contributed by atoms with Gasteiger partial charge in [0.25, 0.3) is 0 Å². The molecule has 2 aliphatic heterocycles. The van der Waals surface area contributed by atoms with Crippen LogP contribution in [0.3, 0.4) is 0 Å². The molecule has 4 nitrogen and oxygen atoms in total. The van der Waals surface area contributed by atoms with Gasteiger partial charge in [0.05, 0.1) is 17.7 Å². The summed E-state index contributed by atoms with van der Waals surface area (Å²) < 4.78 is 5.63. The van der Waals surface area contributed by atoms with Crippen LogP contribution in [0.15, 0.2) is 18.2 Å². The third-order valence-corrected chi connectivity index (χ3v) is 4.90. The number of ether oxygens (including phenoxy) is 1.